The predicted molar refractivity (Wildman–Crippen MR) is 58.7 cm³/mol. The average Bonchev–Trinajstić information content (AvgIpc) is 2.31. The van der Waals surface area contributed by atoms with E-state index in [0.717, 1.165) is 26.1 Å². The fourth-order valence-electron chi connectivity index (χ4n) is 1.51. The summed E-state index contributed by atoms with van der Waals surface area (Å²) in [5.41, 5.74) is 0.0407. The molecule has 1 aliphatic heterocycles. The summed E-state index contributed by atoms with van der Waals surface area (Å²) in [7, 11) is 0. The Hall–Kier alpha value is -1.14. The van der Waals surface area contributed by atoms with Gasteiger partial charge >= 0.3 is 5.97 Å². The summed E-state index contributed by atoms with van der Waals surface area (Å²) in [5, 5.41) is 9.83. The van der Waals surface area contributed by atoms with Crippen molar-refractivity contribution in [2.45, 2.75) is 23.1 Å². The van der Waals surface area contributed by atoms with Gasteiger partial charge < -0.3 is 9.84 Å². The van der Waals surface area contributed by atoms with Crippen LogP contribution in [-0.2, 0) is 4.74 Å². The van der Waals surface area contributed by atoms with Gasteiger partial charge in [0.05, 0.1) is 0 Å². The molecular formula is C10H12N2O3S. The van der Waals surface area contributed by atoms with Crippen LogP contribution in [0.4, 0.5) is 0 Å². The van der Waals surface area contributed by atoms with Crippen molar-refractivity contribution >= 4 is 17.7 Å². The smallest absolute Gasteiger partial charge is 0.357 e. The molecule has 0 unspecified atom stereocenters. The maximum atomic E-state index is 10.9. The Bertz CT molecular complexity index is 380. The summed E-state index contributed by atoms with van der Waals surface area (Å²) in [4.78, 5) is 18.8. The number of hydrogen-bond acceptors (Lipinski definition) is 5. The highest BCUT2D eigenvalue weighted by molar-refractivity contribution is 7.99. The Labute approximate surface area is 97.2 Å². The molecule has 6 heteroatoms. The first-order valence-corrected chi connectivity index (χ1v) is 5.94. The number of carboxylic acids is 1. The van der Waals surface area contributed by atoms with Crippen LogP contribution in [0.2, 0.25) is 0 Å². The van der Waals surface area contributed by atoms with Gasteiger partial charge in [-0.05, 0) is 12.8 Å². The normalized spacial score (nSPS) is 17.2. The molecule has 0 amide bonds. The first kappa shape index (κ1) is 11.3. The van der Waals surface area contributed by atoms with Crippen LogP contribution < -0.4 is 0 Å². The minimum absolute atomic E-state index is 0.0407. The second-order valence-electron chi connectivity index (χ2n) is 3.44. The van der Waals surface area contributed by atoms with Crippen LogP contribution in [0.3, 0.4) is 0 Å². The van der Waals surface area contributed by atoms with Crippen molar-refractivity contribution < 1.29 is 14.6 Å². The van der Waals surface area contributed by atoms with Crippen LogP contribution >= 0.6 is 11.8 Å². The van der Waals surface area contributed by atoms with E-state index in [0.29, 0.717) is 10.3 Å². The van der Waals surface area contributed by atoms with E-state index in [-0.39, 0.29) is 5.69 Å². The van der Waals surface area contributed by atoms with Crippen molar-refractivity contribution in [2.75, 3.05) is 13.2 Å². The molecule has 5 nitrogen and oxygen atoms in total. The average molecular weight is 240 g/mol. The van der Waals surface area contributed by atoms with Gasteiger partial charge in [0.15, 0.2) is 5.69 Å². The zero-order valence-electron chi connectivity index (χ0n) is 8.63. The van der Waals surface area contributed by atoms with E-state index in [9.17, 15) is 4.79 Å². The molecule has 0 radical (unpaired) electrons. The number of thioether (sulfide) groups is 1. The van der Waals surface area contributed by atoms with E-state index in [1.807, 2.05) is 0 Å². The zero-order chi connectivity index (χ0) is 11.4. The number of carboxylic acid groups (broad SMARTS) is 1. The highest BCUT2D eigenvalue weighted by Gasteiger charge is 2.20. The molecule has 1 aromatic rings. The zero-order valence-corrected chi connectivity index (χ0v) is 9.44. The van der Waals surface area contributed by atoms with Crippen LogP contribution in [-0.4, -0.2) is 39.5 Å². The van der Waals surface area contributed by atoms with E-state index in [1.54, 1.807) is 0 Å². The molecule has 0 atom stereocenters. The lowest BCUT2D eigenvalue weighted by Crippen LogP contribution is -2.18. The molecule has 0 spiro atoms. The Morgan fingerprint density at radius 3 is 2.75 bits per heavy atom. The highest BCUT2D eigenvalue weighted by atomic mass is 32.2. The minimum Gasteiger partial charge on any atom is -0.476 e. The molecule has 16 heavy (non-hydrogen) atoms. The fourth-order valence-corrected chi connectivity index (χ4v) is 2.63. The van der Waals surface area contributed by atoms with Crippen LogP contribution in [0.1, 0.15) is 23.3 Å². The quantitative estimate of drug-likeness (QED) is 0.862. The summed E-state index contributed by atoms with van der Waals surface area (Å²) in [6, 6.07) is 0. The lowest BCUT2D eigenvalue weighted by Gasteiger charge is -2.21. The van der Waals surface area contributed by atoms with Crippen molar-refractivity contribution in [3.63, 3.8) is 0 Å². The standard InChI is InChI=1S/C10H12N2O3S/c13-10(14)8-9(12-4-3-11-8)16-7-1-5-15-6-2-7/h3-4,7H,1-2,5-6H2,(H,13,14). The summed E-state index contributed by atoms with van der Waals surface area (Å²) in [6.07, 6.45) is 4.78. The van der Waals surface area contributed by atoms with Gasteiger partial charge in [0.2, 0.25) is 0 Å². The second kappa shape index (κ2) is 5.27. The highest BCUT2D eigenvalue weighted by Crippen LogP contribution is 2.29. The van der Waals surface area contributed by atoms with E-state index < -0.39 is 5.97 Å². The molecule has 1 aliphatic rings. The number of carbonyl (C=O) groups is 1. The van der Waals surface area contributed by atoms with Crippen molar-refractivity contribution in [2.24, 2.45) is 0 Å². The molecule has 1 N–H and O–H groups in total. The first-order chi connectivity index (χ1) is 7.77. The van der Waals surface area contributed by atoms with Gasteiger partial charge in [-0.3, -0.25) is 0 Å². The molecule has 0 aliphatic carbocycles. The first-order valence-electron chi connectivity index (χ1n) is 5.06. The molecule has 0 bridgehead atoms. The molecule has 86 valence electrons. The van der Waals surface area contributed by atoms with Crippen LogP contribution in [0, 0.1) is 0 Å². The third-order valence-corrected chi connectivity index (χ3v) is 3.64. The summed E-state index contributed by atoms with van der Waals surface area (Å²) in [5.74, 6) is -1.03. The molecule has 1 aromatic heterocycles. The number of nitrogens with zero attached hydrogens (tertiary/aromatic N) is 2. The molecule has 0 saturated carbocycles. The third-order valence-electron chi connectivity index (χ3n) is 2.31. The van der Waals surface area contributed by atoms with Crippen LogP contribution in [0.15, 0.2) is 17.4 Å². The number of rotatable bonds is 3. The van der Waals surface area contributed by atoms with Gasteiger partial charge in [-0.2, -0.15) is 0 Å². The number of ether oxygens (including phenoxy) is 1. The molecule has 0 aromatic carbocycles. The third kappa shape index (κ3) is 2.70. The Balaban J connectivity index is 2.10. The predicted octanol–water partition coefficient (Wildman–Crippen LogP) is 1.45. The van der Waals surface area contributed by atoms with Gasteiger partial charge in [0.1, 0.15) is 5.03 Å². The van der Waals surface area contributed by atoms with Gasteiger partial charge in [0, 0.05) is 30.9 Å². The summed E-state index contributed by atoms with van der Waals surface area (Å²) < 4.78 is 5.25. The maximum absolute atomic E-state index is 10.9. The van der Waals surface area contributed by atoms with Crippen molar-refractivity contribution in [3.05, 3.63) is 18.1 Å². The monoisotopic (exact) mass is 240 g/mol. The van der Waals surface area contributed by atoms with Crippen LogP contribution in [0.5, 0.6) is 0 Å². The topological polar surface area (TPSA) is 72.3 Å². The van der Waals surface area contributed by atoms with Crippen molar-refractivity contribution in [1.82, 2.24) is 9.97 Å². The number of hydrogen-bond donors (Lipinski definition) is 1. The Kier molecular flexibility index (Phi) is 3.74. The maximum Gasteiger partial charge on any atom is 0.357 e. The largest absolute Gasteiger partial charge is 0.476 e. The number of aromatic carboxylic acids is 1. The van der Waals surface area contributed by atoms with Crippen molar-refractivity contribution in [3.8, 4) is 0 Å². The molecule has 1 saturated heterocycles. The molecule has 2 heterocycles. The number of aromatic nitrogens is 2. The lowest BCUT2D eigenvalue weighted by molar-refractivity contribution is 0.0685. The van der Waals surface area contributed by atoms with Crippen molar-refractivity contribution in [1.29, 1.82) is 0 Å². The Morgan fingerprint density at radius 1 is 1.38 bits per heavy atom. The molecule has 1 fully saturated rings. The summed E-state index contributed by atoms with van der Waals surface area (Å²) in [6.45, 7) is 1.47. The minimum atomic E-state index is -1.03. The van der Waals surface area contributed by atoms with Gasteiger partial charge in [-0.15, -0.1) is 11.8 Å². The van der Waals surface area contributed by atoms with Gasteiger partial charge in [0.25, 0.3) is 0 Å². The van der Waals surface area contributed by atoms with E-state index >= 15 is 0 Å². The van der Waals surface area contributed by atoms with E-state index in [1.165, 1.54) is 24.2 Å². The lowest BCUT2D eigenvalue weighted by atomic mass is 10.2. The second-order valence-corrected chi connectivity index (χ2v) is 4.73. The molecule has 2 rings (SSSR count). The summed E-state index contributed by atoms with van der Waals surface area (Å²) >= 11 is 1.49. The van der Waals surface area contributed by atoms with Gasteiger partial charge in [-0.1, -0.05) is 0 Å². The fraction of sp³-hybridized carbons (Fsp3) is 0.500. The van der Waals surface area contributed by atoms with Crippen LogP contribution in [0.25, 0.3) is 0 Å². The van der Waals surface area contributed by atoms with E-state index in [4.69, 9.17) is 9.84 Å². The van der Waals surface area contributed by atoms with E-state index in [2.05, 4.69) is 9.97 Å². The molecular weight excluding hydrogens is 228 g/mol. The Morgan fingerprint density at radius 2 is 2.06 bits per heavy atom. The van der Waals surface area contributed by atoms with Gasteiger partial charge in [-0.25, -0.2) is 14.8 Å². The SMILES string of the molecule is O=C(O)c1nccnc1SC1CCOCC1.